The van der Waals surface area contributed by atoms with Crippen molar-refractivity contribution >= 4 is 17.5 Å². The van der Waals surface area contributed by atoms with Crippen molar-refractivity contribution in [3.63, 3.8) is 0 Å². The van der Waals surface area contributed by atoms with Crippen molar-refractivity contribution in [2.45, 2.75) is 44.1 Å². The molecule has 1 saturated heterocycles. The molecule has 1 amide bonds. The number of aromatic amines is 1. The zero-order valence-corrected chi connectivity index (χ0v) is 14.4. The number of halogens is 1. The van der Waals surface area contributed by atoms with E-state index in [1.807, 2.05) is 0 Å². The first-order valence-corrected chi connectivity index (χ1v) is 9.02. The average Bonchev–Trinajstić information content (AvgIpc) is 3.25. The number of nitrogens with zero attached hydrogens (tertiary/aromatic N) is 2. The molecule has 0 bridgehead atoms. The van der Waals surface area contributed by atoms with Crippen molar-refractivity contribution in [3.05, 3.63) is 52.2 Å². The van der Waals surface area contributed by atoms with E-state index in [1.165, 1.54) is 31.0 Å². The first kappa shape index (κ1) is 16.8. The summed E-state index contributed by atoms with van der Waals surface area (Å²) in [6.07, 6.45) is 4.82. The van der Waals surface area contributed by atoms with Crippen LogP contribution in [0.1, 0.15) is 43.7 Å². The zero-order valence-electron chi connectivity index (χ0n) is 14.4. The van der Waals surface area contributed by atoms with Crippen LogP contribution in [0.15, 0.2) is 35.1 Å². The third kappa shape index (κ3) is 3.47. The van der Waals surface area contributed by atoms with E-state index in [-0.39, 0.29) is 29.6 Å². The van der Waals surface area contributed by atoms with Gasteiger partial charge in [-0.05, 0) is 37.1 Å². The summed E-state index contributed by atoms with van der Waals surface area (Å²) in [4.78, 5) is 33.3. The number of nitrogens with one attached hydrogen (secondary N) is 2. The topological polar surface area (TPSA) is 78.1 Å². The lowest BCUT2D eigenvalue weighted by molar-refractivity contribution is -0.117. The molecule has 1 saturated carbocycles. The van der Waals surface area contributed by atoms with Crippen molar-refractivity contribution in [2.24, 2.45) is 0 Å². The van der Waals surface area contributed by atoms with Gasteiger partial charge < -0.3 is 10.2 Å². The number of amides is 1. The van der Waals surface area contributed by atoms with E-state index in [9.17, 15) is 14.0 Å². The molecule has 2 heterocycles. The maximum Gasteiger partial charge on any atom is 0.252 e. The van der Waals surface area contributed by atoms with Gasteiger partial charge in [-0.15, -0.1) is 0 Å². The highest BCUT2D eigenvalue weighted by molar-refractivity contribution is 5.96. The van der Waals surface area contributed by atoms with Crippen LogP contribution in [0.4, 0.5) is 16.0 Å². The van der Waals surface area contributed by atoms with Crippen LogP contribution in [-0.4, -0.2) is 28.5 Å². The maximum atomic E-state index is 13.1. The molecular weight excluding hydrogens is 335 g/mol. The van der Waals surface area contributed by atoms with Crippen LogP contribution in [0.25, 0.3) is 0 Å². The lowest BCUT2D eigenvalue weighted by Gasteiger charge is -2.17. The molecule has 6 nitrogen and oxygen atoms in total. The van der Waals surface area contributed by atoms with Crippen molar-refractivity contribution in [1.29, 1.82) is 0 Å². The summed E-state index contributed by atoms with van der Waals surface area (Å²) >= 11 is 0. The second kappa shape index (κ2) is 6.90. The molecule has 7 heteroatoms. The smallest absolute Gasteiger partial charge is 0.252 e. The zero-order chi connectivity index (χ0) is 18.1. The summed E-state index contributed by atoms with van der Waals surface area (Å²) in [7, 11) is 0. The minimum Gasteiger partial charge on any atom is -0.353 e. The van der Waals surface area contributed by atoms with Gasteiger partial charge in [0.1, 0.15) is 5.82 Å². The van der Waals surface area contributed by atoms with E-state index in [4.69, 9.17) is 0 Å². The Kier molecular flexibility index (Phi) is 4.44. The van der Waals surface area contributed by atoms with Crippen molar-refractivity contribution in [1.82, 2.24) is 9.97 Å². The number of H-pyrrole nitrogens is 1. The molecule has 0 spiro atoms. The minimum absolute atomic E-state index is 0.0472. The van der Waals surface area contributed by atoms with Crippen LogP contribution in [-0.2, 0) is 4.79 Å². The van der Waals surface area contributed by atoms with Crippen LogP contribution < -0.4 is 15.8 Å². The Labute approximate surface area is 150 Å². The van der Waals surface area contributed by atoms with Crippen LogP contribution >= 0.6 is 0 Å². The molecule has 2 aliphatic rings. The Hall–Kier alpha value is -2.70. The van der Waals surface area contributed by atoms with Crippen molar-refractivity contribution < 1.29 is 9.18 Å². The highest BCUT2D eigenvalue weighted by Gasteiger charge is 2.33. The average molecular weight is 356 g/mol. The molecule has 4 rings (SSSR count). The van der Waals surface area contributed by atoms with Crippen LogP contribution in [0.2, 0.25) is 0 Å². The van der Waals surface area contributed by atoms with Gasteiger partial charge in [0.25, 0.3) is 5.56 Å². The molecule has 2 fully saturated rings. The molecule has 1 aliphatic carbocycles. The molecule has 2 aromatic rings. The number of aromatic nitrogens is 2. The Balaban J connectivity index is 1.54. The molecule has 1 aromatic heterocycles. The SMILES string of the molecule is O=C1C[C@H](c2cc(=O)[nH]c(NC3CCCC3)n2)CN1c1ccc(F)cc1. The summed E-state index contributed by atoms with van der Waals surface area (Å²) in [5.74, 6) is -0.0594. The van der Waals surface area contributed by atoms with Gasteiger partial charge in [-0.2, -0.15) is 0 Å². The van der Waals surface area contributed by atoms with Gasteiger partial charge in [0.05, 0.1) is 5.69 Å². The molecule has 1 aliphatic heterocycles. The highest BCUT2D eigenvalue weighted by Crippen LogP contribution is 2.31. The quantitative estimate of drug-likeness (QED) is 0.883. The summed E-state index contributed by atoms with van der Waals surface area (Å²) in [6, 6.07) is 7.67. The summed E-state index contributed by atoms with van der Waals surface area (Å²) in [5.41, 5.74) is 1.06. The van der Waals surface area contributed by atoms with Crippen LogP contribution in [0, 0.1) is 5.82 Å². The molecule has 0 radical (unpaired) electrons. The normalized spacial score (nSPS) is 20.7. The van der Waals surface area contributed by atoms with E-state index in [0.717, 1.165) is 12.8 Å². The van der Waals surface area contributed by atoms with E-state index in [1.54, 1.807) is 17.0 Å². The number of carbonyl (C=O) groups is 1. The van der Waals surface area contributed by atoms with Gasteiger partial charge in [0.2, 0.25) is 11.9 Å². The molecule has 0 unspecified atom stereocenters. The number of benzene rings is 1. The maximum absolute atomic E-state index is 13.1. The fourth-order valence-electron chi connectivity index (χ4n) is 3.79. The largest absolute Gasteiger partial charge is 0.353 e. The second-order valence-corrected chi connectivity index (χ2v) is 7.03. The minimum atomic E-state index is -0.337. The van der Waals surface area contributed by atoms with Gasteiger partial charge >= 0.3 is 0 Å². The Morgan fingerprint density at radius 2 is 1.88 bits per heavy atom. The molecule has 26 heavy (non-hydrogen) atoms. The van der Waals surface area contributed by atoms with Crippen LogP contribution in [0.5, 0.6) is 0 Å². The second-order valence-electron chi connectivity index (χ2n) is 7.03. The standard InChI is InChI=1S/C19H21FN4O2/c20-13-5-7-15(8-6-13)24-11-12(9-18(24)26)16-10-17(25)23-19(22-16)21-14-3-1-2-4-14/h5-8,10,12,14H,1-4,9,11H2,(H2,21,22,23,25)/t12-/m0/s1. The molecule has 1 aromatic carbocycles. The molecule has 1 atom stereocenters. The Morgan fingerprint density at radius 3 is 2.62 bits per heavy atom. The number of hydrogen-bond acceptors (Lipinski definition) is 4. The number of anilines is 2. The van der Waals surface area contributed by atoms with Gasteiger partial charge in [-0.1, -0.05) is 12.8 Å². The third-order valence-electron chi connectivity index (χ3n) is 5.14. The van der Waals surface area contributed by atoms with Gasteiger partial charge in [-0.25, -0.2) is 9.37 Å². The first-order chi connectivity index (χ1) is 12.6. The van der Waals surface area contributed by atoms with Gasteiger partial charge in [0.15, 0.2) is 0 Å². The summed E-state index contributed by atoms with van der Waals surface area (Å²) < 4.78 is 13.1. The number of carbonyl (C=O) groups excluding carboxylic acids is 1. The summed E-state index contributed by atoms with van der Waals surface area (Å²) in [5, 5.41) is 3.30. The first-order valence-electron chi connectivity index (χ1n) is 9.02. The Morgan fingerprint density at radius 1 is 1.15 bits per heavy atom. The van der Waals surface area contributed by atoms with Crippen molar-refractivity contribution in [2.75, 3.05) is 16.8 Å². The molecule has 136 valence electrons. The molecular formula is C19H21FN4O2. The van der Waals surface area contributed by atoms with E-state index in [2.05, 4.69) is 15.3 Å². The monoisotopic (exact) mass is 356 g/mol. The van der Waals surface area contributed by atoms with E-state index in [0.29, 0.717) is 29.9 Å². The van der Waals surface area contributed by atoms with Gasteiger partial charge in [-0.3, -0.25) is 14.6 Å². The third-order valence-corrected chi connectivity index (χ3v) is 5.14. The lowest BCUT2D eigenvalue weighted by Crippen LogP contribution is -2.25. The highest BCUT2D eigenvalue weighted by atomic mass is 19.1. The van der Waals surface area contributed by atoms with E-state index >= 15 is 0 Å². The molecule has 2 N–H and O–H groups in total. The fraction of sp³-hybridized carbons (Fsp3) is 0.421. The lowest BCUT2D eigenvalue weighted by atomic mass is 10.0. The summed E-state index contributed by atoms with van der Waals surface area (Å²) in [6.45, 7) is 0.434. The predicted octanol–water partition coefficient (Wildman–Crippen LogP) is 2.78. The fourth-order valence-corrected chi connectivity index (χ4v) is 3.79. The van der Waals surface area contributed by atoms with E-state index < -0.39 is 0 Å². The predicted molar refractivity (Wildman–Crippen MR) is 96.8 cm³/mol. The van der Waals surface area contributed by atoms with Crippen molar-refractivity contribution in [3.8, 4) is 0 Å². The Bertz CT molecular complexity index is 859. The van der Waals surface area contributed by atoms with Gasteiger partial charge in [0, 0.05) is 36.7 Å². The number of rotatable bonds is 4. The number of hydrogen-bond donors (Lipinski definition) is 2. The van der Waals surface area contributed by atoms with Crippen LogP contribution in [0.3, 0.4) is 0 Å².